The van der Waals surface area contributed by atoms with Crippen LogP contribution in [-0.4, -0.2) is 23.4 Å². The summed E-state index contributed by atoms with van der Waals surface area (Å²) in [5.41, 5.74) is 0.114. The van der Waals surface area contributed by atoms with Gasteiger partial charge in [-0.25, -0.2) is 0 Å². The number of hydrogen-bond acceptors (Lipinski definition) is 4. The average Bonchev–Trinajstić information content (AvgIpc) is 2.61. The molecule has 0 spiro atoms. The molecule has 4 heteroatoms. The van der Waals surface area contributed by atoms with E-state index >= 15 is 0 Å². The van der Waals surface area contributed by atoms with Gasteiger partial charge in [-0.05, 0) is 25.0 Å². The number of azo groups is 1. The summed E-state index contributed by atoms with van der Waals surface area (Å²) in [4.78, 5) is 0. The van der Waals surface area contributed by atoms with Crippen LogP contribution in [0.1, 0.15) is 25.0 Å². The third-order valence-electron chi connectivity index (χ3n) is 3.90. The Balaban J connectivity index is 2.35. The fourth-order valence-electron chi connectivity index (χ4n) is 2.18. The molecule has 0 bridgehead atoms. The molecular weight excluding hydrogens is 276 g/mol. The lowest BCUT2D eigenvalue weighted by Gasteiger charge is -2.26. The zero-order valence-electron chi connectivity index (χ0n) is 13.0. The maximum absolute atomic E-state index is 9.76. The van der Waals surface area contributed by atoms with Crippen molar-refractivity contribution in [3.05, 3.63) is 71.8 Å². The van der Waals surface area contributed by atoms with Crippen molar-refractivity contribution in [1.29, 1.82) is 0 Å². The van der Waals surface area contributed by atoms with Crippen molar-refractivity contribution in [2.75, 3.05) is 13.2 Å². The molecule has 2 unspecified atom stereocenters. The summed E-state index contributed by atoms with van der Waals surface area (Å²) in [5, 5.41) is 28.3. The maximum atomic E-state index is 9.76. The summed E-state index contributed by atoms with van der Waals surface area (Å²) in [7, 11) is 0. The number of rotatable bonds is 6. The summed E-state index contributed by atoms with van der Waals surface area (Å²) in [5.74, 6) is 0. The van der Waals surface area contributed by atoms with Crippen LogP contribution >= 0.6 is 0 Å². The Kier molecular flexibility index (Phi) is 5.06. The van der Waals surface area contributed by atoms with Gasteiger partial charge in [0.15, 0.2) is 0 Å². The molecule has 4 nitrogen and oxygen atoms in total. The summed E-state index contributed by atoms with van der Waals surface area (Å²) >= 11 is 0. The first-order valence-corrected chi connectivity index (χ1v) is 7.31. The lowest BCUT2D eigenvalue weighted by molar-refractivity contribution is 0.178. The van der Waals surface area contributed by atoms with Crippen LogP contribution in [0, 0.1) is 0 Å². The van der Waals surface area contributed by atoms with Gasteiger partial charge in [0.1, 0.15) is 11.1 Å². The third kappa shape index (κ3) is 3.40. The smallest absolute Gasteiger partial charge is 0.127 e. The molecular formula is C18H22N2O2. The van der Waals surface area contributed by atoms with Crippen molar-refractivity contribution in [2.24, 2.45) is 10.2 Å². The zero-order valence-corrected chi connectivity index (χ0v) is 13.0. The second kappa shape index (κ2) is 6.81. The topological polar surface area (TPSA) is 65.2 Å². The molecule has 0 aromatic heterocycles. The molecule has 2 aromatic carbocycles. The van der Waals surface area contributed by atoms with E-state index in [2.05, 4.69) is 10.2 Å². The van der Waals surface area contributed by atoms with Crippen LogP contribution in [0.15, 0.2) is 70.9 Å². The Hall–Kier alpha value is -2.04. The van der Waals surface area contributed by atoms with Gasteiger partial charge in [0, 0.05) is 0 Å². The van der Waals surface area contributed by atoms with Crippen molar-refractivity contribution in [2.45, 2.75) is 24.9 Å². The highest BCUT2D eigenvalue weighted by Gasteiger charge is 2.30. The first-order chi connectivity index (χ1) is 10.5. The lowest BCUT2D eigenvalue weighted by Crippen LogP contribution is -2.28. The summed E-state index contributed by atoms with van der Waals surface area (Å²) in [6.07, 6.45) is 0. The van der Waals surface area contributed by atoms with Gasteiger partial charge in [-0.3, -0.25) is 0 Å². The van der Waals surface area contributed by atoms with E-state index in [1.54, 1.807) is 0 Å². The highest BCUT2D eigenvalue weighted by atomic mass is 16.3. The van der Waals surface area contributed by atoms with Crippen molar-refractivity contribution in [1.82, 2.24) is 0 Å². The Morgan fingerprint density at radius 3 is 1.27 bits per heavy atom. The summed E-state index contributed by atoms with van der Waals surface area (Å²) in [6.45, 7) is 3.34. The molecule has 0 aliphatic carbocycles. The minimum Gasteiger partial charge on any atom is -0.393 e. The summed E-state index contributed by atoms with van der Waals surface area (Å²) < 4.78 is 0. The molecule has 2 aromatic rings. The van der Waals surface area contributed by atoms with Crippen LogP contribution in [0.3, 0.4) is 0 Å². The van der Waals surface area contributed by atoms with E-state index in [0.717, 1.165) is 11.1 Å². The van der Waals surface area contributed by atoms with Crippen molar-refractivity contribution in [3.8, 4) is 0 Å². The molecule has 0 aliphatic rings. The van der Waals surface area contributed by atoms with Crippen molar-refractivity contribution in [3.63, 3.8) is 0 Å². The van der Waals surface area contributed by atoms with Crippen molar-refractivity contribution >= 4 is 0 Å². The van der Waals surface area contributed by atoms with E-state index < -0.39 is 11.1 Å². The molecule has 0 fully saturated rings. The molecule has 2 atom stereocenters. The van der Waals surface area contributed by atoms with Crippen LogP contribution in [0.25, 0.3) is 0 Å². The summed E-state index contributed by atoms with van der Waals surface area (Å²) in [6, 6.07) is 19.1. The standard InChI is InChI=1S/C18H22N2O2/c1-17(13-21,15-9-5-3-6-10-15)19-20-18(2,14-22)16-11-7-4-8-12-16/h3-12,21-22H,13-14H2,1-2H3. The second-order valence-electron chi connectivity index (χ2n) is 5.80. The first-order valence-electron chi connectivity index (χ1n) is 7.31. The van der Waals surface area contributed by atoms with E-state index in [1.807, 2.05) is 74.5 Å². The van der Waals surface area contributed by atoms with Gasteiger partial charge in [0.25, 0.3) is 0 Å². The monoisotopic (exact) mass is 298 g/mol. The lowest BCUT2D eigenvalue weighted by atomic mass is 9.93. The molecule has 22 heavy (non-hydrogen) atoms. The van der Waals surface area contributed by atoms with Crippen molar-refractivity contribution < 1.29 is 10.2 Å². The number of benzene rings is 2. The van der Waals surface area contributed by atoms with Gasteiger partial charge in [-0.15, -0.1) is 0 Å². The molecule has 2 N–H and O–H groups in total. The fraction of sp³-hybridized carbons (Fsp3) is 0.333. The van der Waals surface area contributed by atoms with Gasteiger partial charge in [0.05, 0.1) is 13.2 Å². The highest BCUT2D eigenvalue weighted by Crippen LogP contribution is 2.30. The molecule has 116 valence electrons. The maximum Gasteiger partial charge on any atom is 0.127 e. The predicted octanol–water partition coefficient (Wildman–Crippen LogP) is 3.25. The van der Waals surface area contributed by atoms with E-state index in [0.29, 0.717) is 0 Å². The van der Waals surface area contributed by atoms with Crippen LogP contribution in [-0.2, 0) is 11.1 Å². The Bertz CT molecular complexity index is 560. The Morgan fingerprint density at radius 1 is 0.682 bits per heavy atom. The van der Waals surface area contributed by atoms with Crippen LogP contribution in [0.5, 0.6) is 0 Å². The minimum absolute atomic E-state index is 0.156. The number of nitrogens with zero attached hydrogens (tertiary/aromatic N) is 2. The molecule has 2 rings (SSSR count). The zero-order chi connectivity index (χ0) is 16.1. The minimum atomic E-state index is -0.827. The quantitative estimate of drug-likeness (QED) is 0.804. The number of hydrogen-bond donors (Lipinski definition) is 2. The van der Waals surface area contributed by atoms with Crippen LogP contribution in [0.4, 0.5) is 0 Å². The number of aliphatic hydroxyl groups excluding tert-OH is 2. The van der Waals surface area contributed by atoms with Gasteiger partial charge >= 0.3 is 0 Å². The van der Waals surface area contributed by atoms with Gasteiger partial charge < -0.3 is 10.2 Å². The van der Waals surface area contributed by atoms with E-state index in [9.17, 15) is 10.2 Å². The Labute approximate surface area is 131 Å². The molecule has 0 saturated carbocycles. The van der Waals surface area contributed by atoms with Gasteiger partial charge in [-0.1, -0.05) is 60.7 Å². The fourth-order valence-corrected chi connectivity index (χ4v) is 2.18. The SMILES string of the molecule is CC(CO)(N=NC(C)(CO)c1ccccc1)c1ccccc1. The average molecular weight is 298 g/mol. The Morgan fingerprint density at radius 2 is 1.00 bits per heavy atom. The normalized spacial score (nSPS) is 17.1. The largest absolute Gasteiger partial charge is 0.393 e. The van der Waals surface area contributed by atoms with E-state index in [1.165, 1.54) is 0 Å². The molecule has 0 amide bonds. The molecule has 0 saturated heterocycles. The first kappa shape index (κ1) is 16.3. The van der Waals surface area contributed by atoms with E-state index in [-0.39, 0.29) is 13.2 Å². The van der Waals surface area contributed by atoms with Gasteiger partial charge in [-0.2, -0.15) is 10.2 Å². The van der Waals surface area contributed by atoms with Gasteiger partial charge in [0.2, 0.25) is 0 Å². The predicted molar refractivity (Wildman–Crippen MR) is 86.6 cm³/mol. The van der Waals surface area contributed by atoms with Crippen LogP contribution in [0.2, 0.25) is 0 Å². The van der Waals surface area contributed by atoms with E-state index in [4.69, 9.17) is 0 Å². The highest BCUT2D eigenvalue weighted by molar-refractivity contribution is 5.25. The number of aliphatic hydroxyl groups is 2. The molecule has 0 heterocycles. The molecule has 0 aliphatic heterocycles. The second-order valence-corrected chi connectivity index (χ2v) is 5.80. The van der Waals surface area contributed by atoms with Crippen LogP contribution < -0.4 is 0 Å². The third-order valence-corrected chi connectivity index (χ3v) is 3.90. The molecule has 0 radical (unpaired) electrons.